The monoisotopic (exact) mass is 291 g/mol. The van der Waals surface area contributed by atoms with Gasteiger partial charge in [-0.1, -0.05) is 58.3 Å². The lowest BCUT2D eigenvalue weighted by molar-refractivity contribution is 0.0933. The van der Waals surface area contributed by atoms with Gasteiger partial charge in [0.2, 0.25) is 0 Å². The van der Waals surface area contributed by atoms with Gasteiger partial charge >= 0.3 is 0 Å². The Labute approximate surface area is 128 Å². The lowest BCUT2D eigenvalue weighted by Crippen LogP contribution is -2.37. The van der Waals surface area contributed by atoms with E-state index in [0.29, 0.717) is 5.56 Å². The fourth-order valence-corrected chi connectivity index (χ4v) is 2.24. The van der Waals surface area contributed by atoms with E-state index in [1.807, 2.05) is 0 Å². The van der Waals surface area contributed by atoms with Gasteiger partial charge in [-0.2, -0.15) is 0 Å². The van der Waals surface area contributed by atoms with Crippen molar-refractivity contribution < 1.29 is 4.79 Å². The van der Waals surface area contributed by atoms with E-state index in [2.05, 4.69) is 22.8 Å². The summed E-state index contributed by atoms with van der Waals surface area (Å²) >= 11 is 0. The number of amides is 1. The summed E-state index contributed by atoms with van der Waals surface area (Å²) in [5, 5.41) is 0. The molecule has 2 N–H and O–H groups in total. The van der Waals surface area contributed by atoms with Crippen molar-refractivity contribution in [3.05, 3.63) is 30.1 Å². The molecule has 1 rings (SSSR count). The average Bonchev–Trinajstić information content (AvgIpc) is 2.53. The van der Waals surface area contributed by atoms with Crippen LogP contribution in [-0.4, -0.2) is 17.4 Å². The van der Waals surface area contributed by atoms with Gasteiger partial charge in [0.15, 0.2) is 0 Å². The molecule has 1 aromatic rings. The highest BCUT2D eigenvalue weighted by atomic mass is 16.2. The Morgan fingerprint density at radius 2 is 1.52 bits per heavy atom. The van der Waals surface area contributed by atoms with Crippen LogP contribution in [0.2, 0.25) is 0 Å². The van der Waals surface area contributed by atoms with E-state index < -0.39 is 0 Å². The van der Waals surface area contributed by atoms with Crippen molar-refractivity contribution in [3.63, 3.8) is 0 Å². The Bertz CT molecular complexity index is 368. The zero-order valence-electron chi connectivity index (χ0n) is 13.2. The first-order valence-corrected chi connectivity index (χ1v) is 8.28. The highest BCUT2D eigenvalue weighted by Crippen LogP contribution is 2.09. The molecule has 118 valence electrons. The molecule has 0 aliphatic carbocycles. The number of hydrazine groups is 1. The van der Waals surface area contributed by atoms with Crippen LogP contribution in [-0.2, 0) is 0 Å². The number of nitrogens with zero attached hydrogens (tertiary/aromatic N) is 1. The summed E-state index contributed by atoms with van der Waals surface area (Å²) in [5.41, 5.74) is 6.32. The van der Waals surface area contributed by atoms with Crippen LogP contribution in [0, 0.1) is 0 Å². The molecule has 4 nitrogen and oxygen atoms in total. The first-order valence-electron chi connectivity index (χ1n) is 8.28. The SMILES string of the molecule is CCCCCCCCCCCNNC(=O)c1ccncc1. The van der Waals surface area contributed by atoms with E-state index in [1.54, 1.807) is 24.5 Å². The van der Waals surface area contributed by atoms with Gasteiger partial charge in [0.25, 0.3) is 5.91 Å². The standard InChI is InChI=1S/C17H29N3O/c1-2-3-4-5-6-7-8-9-10-13-19-20-17(21)16-11-14-18-15-12-16/h11-12,14-15,19H,2-10,13H2,1H3,(H,20,21). The number of nitrogens with one attached hydrogen (secondary N) is 2. The van der Waals surface area contributed by atoms with Crippen LogP contribution in [0.15, 0.2) is 24.5 Å². The Morgan fingerprint density at radius 1 is 0.952 bits per heavy atom. The molecule has 0 aliphatic heterocycles. The molecular weight excluding hydrogens is 262 g/mol. The Morgan fingerprint density at radius 3 is 2.14 bits per heavy atom. The van der Waals surface area contributed by atoms with Crippen molar-refractivity contribution in [1.82, 2.24) is 15.8 Å². The molecule has 0 spiro atoms. The second-order valence-electron chi connectivity index (χ2n) is 5.45. The van der Waals surface area contributed by atoms with E-state index in [9.17, 15) is 4.79 Å². The van der Waals surface area contributed by atoms with Crippen LogP contribution in [0.4, 0.5) is 0 Å². The number of aromatic nitrogens is 1. The van der Waals surface area contributed by atoms with E-state index in [4.69, 9.17) is 0 Å². The minimum absolute atomic E-state index is 0.103. The lowest BCUT2D eigenvalue weighted by atomic mass is 10.1. The molecule has 0 fully saturated rings. The number of rotatable bonds is 12. The van der Waals surface area contributed by atoms with E-state index in [-0.39, 0.29) is 5.91 Å². The minimum Gasteiger partial charge on any atom is -0.287 e. The topological polar surface area (TPSA) is 54.0 Å². The lowest BCUT2D eigenvalue weighted by Gasteiger charge is -2.07. The summed E-state index contributed by atoms with van der Waals surface area (Å²) < 4.78 is 0. The molecule has 0 saturated heterocycles. The molecule has 1 amide bonds. The van der Waals surface area contributed by atoms with Crippen LogP contribution < -0.4 is 10.9 Å². The maximum atomic E-state index is 11.7. The third kappa shape index (κ3) is 9.19. The summed E-state index contributed by atoms with van der Waals surface area (Å²) in [7, 11) is 0. The zero-order valence-corrected chi connectivity index (χ0v) is 13.2. The summed E-state index contributed by atoms with van der Waals surface area (Å²) in [6.07, 6.45) is 15.0. The Kier molecular flexibility index (Phi) is 10.4. The molecule has 0 atom stereocenters. The van der Waals surface area contributed by atoms with Gasteiger partial charge in [-0.25, -0.2) is 5.43 Å². The van der Waals surface area contributed by atoms with E-state index in [1.165, 1.54) is 51.4 Å². The van der Waals surface area contributed by atoms with Gasteiger partial charge in [0, 0.05) is 24.5 Å². The van der Waals surface area contributed by atoms with Crippen LogP contribution in [0.25, 0.3) is 0 Å². The van der Waals surface area contributed by atoms with Gasteiger partial charge in [-0.3, -0.25) is 15.2 Å². The molecule has 0 aliphatic rings. The fourth-order valence-electron chi connectivity index (χ4n) is 2.24. The molecule has 4 heteroatoms. The maximum Gasteiger partial charge on any atom is 0.265 e. The Hall–Kier alpha value is -1.42. The van der Waals surface area contributed by atoms with Crippen LogP contribution >= 0.6 is 0 Å². The van der Waals surface area contributed by atoms with Crippen molar-refractivity contribution in [3.8, 4) is 0 Å². The molecule has 0 radical (unpaired) electrons. The highest BCUT2D eigenvalue weighted by Gasteiger charge is 2.02. The first-order chi connectivity index (χ1) is 10.3. The van der Waals surface area contributed by atoms with Gasteiger partial charge in [0.05, 0.1) is 0 Å². The number of pyridine rings is 1. The van der Waals surface area contributed by atoms with Crippen molar-refractivity contribution in [2.45, 2.75) is 64.7 Å². The molecule has 21 heavy (non-hydrogen) atoms. The second kappa shape index (κ2) is 12.3. The molecule has 0 unspecified atom stereocenters. The van der Waals surface area contributed by atoms with Gasteiger partial charge < -0.3 is 0 Å². The van der Waals surface area contributed by atoms with Gasteiger partial charge in [0.1, 0.15) is 0 Å². The number of hydrogen-bond donors (Lipinski definition) is 2. The maximum absolute atomic E-state index is 11.7. The summed E-state index contributed by atoms with van der Waals surface area (Å²) in [6.45, 7) is 3.08. The quantitative estimate of drug-likeness (QED) is 0.454. The van der Waals surface area contributed by atoms with E-state index >= 15 is 0 Å². The van der Waals surface area contributed by atoms with Crippen molar-refractivity contribution in [2.24, 2.45) is 0 Å². The predicted molar refractivity (Wildman–Crippen MR) is 86.9 cm³/mol. The van der Waals surface area contributed by atoms with Gasteiger partial charge in [-0.05, 0) is 18.6 Å². The average molecular weight is 291 g/mol. The predicted octanol–water partition coefficient (Wildman–Crippen LogP) is 3.85. The normalized spacial score (nSPS) is 10.5. The first kappa shape index (κ1) is 17.6. The third-order valence-electron chi connectivity index (χ3n) is 3.55. The highest BCUT2D eigenvalue weighted by molar-refractivity contribution is 5.93. The largest absolute Gasteiger partial charge is 0.287 e. The smallest absolute Gasteiger partial charge is 0.265 e. The van der Waals surface area contributed by atoms with Crippen molar-refractivity contribution >= 4 is 5.91 Å². The molecular formula is C17H29N3O. The zero-order chi connectivity index (χ0) is 15.2. The summed E-state index contributed by atoms with van der Waals surface area (Å²) in [6, 6.07) is 3.41. The molecule has 0 aromatic carbocycles. The summed E-state index contributed by atoms with van der Waals surface area (Å²) in [5.74, 6) is -0.103. The van der Waals surface area contributed by atoms with Crippen LogP contribution in [0.1, 0.15) is 75.1 Å². The Balaban J connectivity index is 1.88. The number of carbonyl (C=O) groups is 1. The van der Waals surface area contributed by atoms with Crippen molar-refractivity contribution in [2.75, 3.05) is 6.54 Å². The fraction of sp³-hybridized carbons (Fsp3) is 0.647. The minimum atomic E-state index is -0.103. The van der Waals surface area contributed by atoms with Crippen LogP contribution in [0.3, 0.4) is 0 Å². The third-order valence-corrected chi connectivity index (χ3v) is 3.55. The molecule has 0 bridgehead atoms. The molecule has 1 heterocycles. The molecule has 1 aromatic heterocycles. The van der Waals surface area contributed by atoms with Crippen molar-refractivity contribution in [1.29, 1.82) is 0 Å². The molecule has 0 saturated carbocycles. The number of hydrogen-bond acceptors (Lipinski definition) is 3. The number of carbonyl (C=O) groups excluding carboxylic acids is 1. The summed E-state index contributed by atoms with van der Waals surface area (Å²) in [4.78, 5) is 15.6. The van der Waals surface area contributed by atoms with E-state index in [0.717, 1.165) is 13.0 Å². The van der Waals surface area contributed by atoms with Crippen LogP contribution in [0.5, 0.6) is 0 Å². The number of unbranched alkanes of at least 4 members (excludes halogenated alkanes) is 8. The second-order valence-corrected chi connectivity index (χ2v) is 5.45. The van der Waals surface area contributed by atoms with Gasteiger partial charge in [-0.15, -0.1) is 0 Å².